The van der Waals surface area contributed by atoms with E-state index in [4.69, 9.17) is 0 Å². The molecule has 140 valence electrons. The second kappa shape index (κ2) is 6.89. The zero-order valence-corrected chi connectivity index (χ0v) is 15.8. The third-order valence-corrected chi connectivity index (χ3v) is 5.31. The van der Waals surface area contributed by atoms with Crippen LogP contribution in [0.2, 0.25) is 0 Å². The van der Waals surface area contributed by atoms with Crippen LogP contribution < -0.4 is 4.90 Å². The Morgan fingerprint density at radius 3 is 2.48 bits per heavy atom. The van der Waals surface area contributed by atoms with Crippen LogP contribution in [0.25, 0.3) is 0 Å². The summed E-state index contributed by atoms with van der Waals surface area (Å²) in [4.78, 5) is 14.9. The maximum Gasteiger partial charge on any atom is 0.293 e. The summed E-state index contributed by atoms with van der Waals surface area (Å²) in [6.07, 6.45) is 1.03. The van der Waals surface area contributed by atoms with Crippen LogP contribution >= 0.6 is 0 Å². The van der Waals surface area contributed by atoms with Crippen molar-refractivity contribution >= 4 is 21.2 Å². The Kier molecular flexibility index (Phi) is 5.41. The van der Waals surface area contributed by atoms with Crippen LogP contribution in [0.15, 0.2) is 23.1 Å². The van der Waals surface area contributed by atoms with Crippen LogP contribution in [0.1, 0.15) is 20.8 Å². The molecule has 0 saturated carbocycles. The Morgan fingerprint density at radius 1 is 1.36 bits per heavy atom. The first-order valence-electron chi connectivity index (χ1n) is 8.08. The molecule has 1 saturated heterocycles. The van der Waals surface area contributed by atoms with Crippen molar-refractivity contribution in [2.75, 3.05) is 37.3 Å². The zero-order chi connectivity index (χ0) is 19.0. The summed E-state index contributed by atoms with van der Waals surface area (Å²) < 4.78 is 23.3. The number of hydrogen-bond donors (Lipinski definition) is 1. The van der Waals surface area contributed by atoms with Gasteiger partial charge in [0.1, 0.15) is 5.69 Å². The molecule has 1 fully saturated rings. The SMILES string of the molecule is CC1CN(CC(C)(C)O)CCN1c1ccc(S(C)(=O)=O)cc1[N+](=O)[O-]. The molecule has 2 rings (SSSR count). The van der Waals surface area contributed by atoms with E-state index >= 15 is 0 Å². The summed E-state index contributed by atoms with van der Waals surface area (Å²) in [5.41, 5.74) is -0.580. The van der Waals surface area contributed by atoms with E-state index in [0.29, 0.717) is 31.9 Å². The highest BCUT2D eigenvalue weighted by atomic mass is 32.2. The number of benzene rings is 1. The Hall–Kier alpha value is -1.71. The summed E-state index contributed by atoms with van der Waals surface area (Å²) in [5.74, 6) is 0. The van der Waals surface area contributed by atoms with E-state index in [0.717, 1.165) is 12.3 Å². The summed E-state index contributed by atoms with van der Waals surface area (Å²) in [5, 5.41) is 21.4. The molecule has 0 aliphatic carbocycles. The fourth-order valence-corrected chi connectivity index (χ4v) is 3.85. The molecule has 9 heteroatoms. The normalized spacial score (nSPS) is 19.9. The van der Waals surface area contributed by atoms with Crippen molar-refractivity contribution in [3.05, 3.63) is 28.3 Å². The number of rotatable bonds is 5. The Morgan fingerprint density at radius 2 is 2.00 bits per heavy atom. The van der Waals surface area contributed by atoms with Gasteiger partial charge >= 0.3 is 0 Å². The first-order valence-corrected chi connectivity index (χ1v) is 9.97. The number of aliphatic hydroxyl groups is 1. The lowest BCUT2D eigenvalue weighted by Gasteiger charge is -2.42. The van der Waals surface area contributed by atoms with E-state index in [-0.39, 0.29) is 16.6 Å². The van der Waals surface area contributed by atoms with Gasteiger partial charge in [-0.2, -0.15) is 0 Å². The van der Waals surface area contributed by atoms with Crippen molar-refractivity contribution in [3.63, 3.8) is 0 Å². The molecular formula is C16H25N3O5S. The molecule has 1 aliphatic heterocycles. The molecule has 0 radical (unpaired) electrons. The van der Waals surface area contributed by atoms with Gasteiger partial charge in [-0.25, -0.2) is 8.42 Å². The van der Waals surface area contributed by atoms with Gasteiger partial charge in [0.25, 0.3) is 5.69 Å². The van der Waals surface area contributed by atoms with Gasteiger partial charge in [-0.1, -0.05) is 0 Å². The quantitative estimate of drug-likeness (QED) is 0.614. The highest BCUT2D eigenvalue weighted by molar-refractivity contribution is 7.90. The molecule has 1 heterocycles. The van der Waals surface area contributed by atoms with E-state index in [1.165, 1.54) is 12.1 Å². The Balaban J connectivity index is 2.29. The van der Waals surface area contributed by atoms with Crippen LogP contribution in [-0.4, -0.2) is 67.4 Å². The van der Waals surface area contributed by atoms with Crippen molar-refractivity contribution in [2.45, 2.75) is 37.3 Å². The summed E-state index contributed by atoms with van der Waals surface area (Å²) >= 11 is 0. The second-order valence-electron chi connectivity index (χ2n) is 7.27. The molecule has 1 atom stereocenters. The van der Waals surface area contributed by atoms with Crippen LogP contribution in [0, 0.1) is 10.1 Å². The average Bonchev–Trinajstić information content (AvgIpc) is 2.44. The first-order chi connectivity index (χ1) is 11.4. The lowest BCUT2D eigenvalue weighted by Crippen LogP contribution is -2.55. The minimum Gasteiger partial charge on any atom is -0.389 e. The average molecular weight is 371 g/mol. The number of β-amino-alcohol motifs (C(OH)–C–C–N with tert-alkyl or cyclic N) is 1. The Bertz CT molecular complexity index is 758. The predicted octanol–water partition coefficient (Wildman–Crippen LogP) is 1.28. The maximum absolute atomic E-state index is 11.7. The van der Waals surface area contributed by atoms with Crippen LogP contribution in [0.5, 0.6) is 0 Å². The molecule has 0 spiro atoms. The van der Waals surface area contributed by atoms with Gasteiger partial charge in [0.05, 0.1) is 15.4 Å². The second-order valence-corrected chi connectivity index (χ2v) is 9.29. The van der Waals surface area contributed by atoms with Gasteiger partial charge in [-0.3, -0.25) is 15.0 Å². The van der Waals surface area contributed by atoms with E-state index in [1.54, 1.807) is 13.8 Å². The van der Waals surface area contributed by atoms with Crippen molar-refractivity contribution in [1.82, 2.24) is 4.90 Å². The molecule has 1 aromatic carbocycles. The van der Waals surface area contributed by atoms with Crippen molar-refractivity contribution < 1.29 is 18.4 Å². The number of nitrogens with zero attached hydrogens (tertiary/aromatic N) is 3. The van der Waals surface area contributed by atoms with E-state index in [2.05, 4.69) is 4.90 Å². The molecule has 1 unspecified atom stereocenters. The number of nitro groups is 1. The molecule has 1 N–H and O–H groups in total. The van der Waals surface area contributed by atoms with Gasteiger partial charge in [0, 0.05) is 44.5 Å². The molecule has 1 aliphatic rings. The number of nitro benzene ring substituents is 1. The minimum absolute atomic E-state index is 0.00103. The minimum atomic E-state index is -3.51. The molecule has 0 aromatic heterocycles. The number of hydrogen-bond acceptors (Lipinski definition) is 7. The third-order valence-electron chi connectivity index (χ3n) is 4.20. The molecule has 1 aromatic rings. The third kappa shape index (κ3) is 4.90. The lowest BCUT2D eigenvalue weighted by molar-refractivity contribution is -0.384. The highest BCUT2D eigenvalue weighted by Gasteiger charge is 2.31. The predicted molar refractivity (Wildman–Crippen MR) is 95.8 cm³/mol. The van der Waals surface area contributed by atoms with E-state index < -0.39 is 20.4 Å². The van der Waals surface area contributed by atoms with Gasteiger partial charge in [-0.15, -0.1) is 0 Å². The molecule has 25 heavy (non-hydrogen) atoms. The van der Waals surface area contributed by atoms with Crippen LogP contribution in [-0.2, 0) is 9.84 Å². The molecule has 8 nitrogen and oxygen atoms in total. The van der Waals surface area contributed by atoms with E-state index in [9.17, 15) is 23.6 Å². The monoisotopic (exact) mass is 371 g/mol. The number of sulfone groups is 1. The van der Waals surface area contributed by atoms with Crippen molar-refractivity contribution in [1.29, 1.82) is 0 Å². The number of piperazine rings is 1. The van der Waals surface area contributed by atoms with Crippen LogP contribution in [0.3, 0.4) is 0 Å². The first kappa shape index (κ1) is 19.6. The molecule has 0 bridgehead atoms. The topological polar surface area (TPSA) is 104 Å². The summed E-state index contributed by atoms with van der Waals surface area (Å²) in [6, 6.07) is 4.05. The maximum atomic E-state index is 11.7. The fraction of sp³-hybridized carbons (Fsp3) is 0.625. The lowest BCUT2D eigenvalue weighted by atomic mass is 10.1. The van der Waals surface area contributed by atoms with Crippen molar-refractivity contribution in [3.8, 4) is 0 Å². The van der Waals surface area contributed by atoms with Crippen molar-refractivity contribution in [2.24, 2.45) is 0 Å². The van der Waals surface area contributed by atoms with Crippen LogP contribution in [0.4, 0.5) is 11.4 Å². The highest BCUT2D eigenvalue weighted by Crippen LogP contribution is 2.33. The Labute approximate surface area is 148 Å². The van der Waals surface area contributed by atoms with Gasteiger partial charge in [-0.05, 0) is 32.9 Å². The zero-order valence-electron chi connectivity index (χ0n) is 15.0. The number of anilines is 1. The molecular weight excluding hydrogens is 346 g/mol. The standard InChI is InChI=1S/C16H25N3O5S/c1-12-10-17(11-16(2,3)20)7-8-18(12)14-6-5-13(25(4,23)24)9-15(14)19(21)22/h5-6,9,12,20H,7-8,10-11H2,1-4H3. The summed E-state index contributed by atoms with van der Waals surface area (Å²) in [6.45, 7) is 7.88. The molecule has 0 amide bonds. The summed E-state index contributed by atoms with van der Waals surface area (Å²) in [7, 11) is -3.51. The van der Waals surface area contributed by atoms with Gasteiger partial charge < -0.3 is 10.0 Å². The largest absolute Gasteiger partial charge is 0.389 e. The van der Waals surface area contributed by atoms with Gasteiger partial charge in [0.15, 0.2) is 9.84 Å². The van der Waals surface area contributed by atoms with Gasteiger partial charge in [0.2, 0.25) is 0 Å². The fourth-order valence-electron chi connectivity index (χ4n) is 3.20. The smallest absolute Gasteiger partial charge is 0.293 e. The van der Waals surface area contributed by atoms with E-state index in [1.807, 2.05) is 11.8 Å².